The van der Waals surface area contributed by atoms with Crippen LogP contribution in [0.1, 0.15) is 11.7 Å². The van der Waals surface area contributed by atoms with Gasteiger partial charge in [-0.15, -0.1) is 0 Å². The average molecular weight is 358 g/mol. The first kappa shape index (κ1) is 19.3. The zero-order valence-electron chi connectivity index (χ0n) is 14.5. The van der Waals surface area contributed by atoms with E-state index in [0.29, 0.717) is 22.7 Å². The summed E-state index contributed by atoms with van der Waals surface area (Å²) in [4.78, 5) is 12.0. The lowest BCUT2D eigenvalue weighted by molar-refractivity contribution is -0.112. The first-order valence-corrected chi connectivity index (χ1v) is 7.87. The summed E-state index contributed by atoms with van der Waals surface area (Å²) in [5, 5.41) is 22.9. The Morgan fingerprint density at radius 1 is 1.23 bits per heavy atom. The average Bonchev–Trinajstić information content (AvgIpc) is 2.63. The van der Waals surface area contributed by atoms with Crippen LogP contribution in [0.4, 0.5) is 11.4 Å². The van der Waals surface area contributed by atoms with Crippen molar-refractivity contribution in [2.45, 2.75) is 12.2 Å². The number of amides is 1. The van der Waals surface area contributed by atoms with E-state index in [4.69, 9.17) is 15.2 Å². The van der Waals surface area contributed by atoms with E-state index >= 15 is 0 Å². The molecular weight excluding hydrogens is 336 g/mol. The molecule has 1 amide bonds. The van der Waals surface area contributed by atoms with Gasteiger partial charge in [-0.05, 0) is 35.9 Å². The van der Waals surface area contributed by atoms with Crippen molar-refractivity contribution in [2.75, 3.05) is 25.3 Å². The number of anilines is 2. The topological polar surface area (TPSA) is 114 Å². The van der Waals surface area contributed by atoms with Crippen LogP contribution in [0.5, 0.6) is 11.5 Å². The Bertz CT molecular complexity index is 791. The second kappa shape index (κ2) is 8.89. The number of aliphatic hydroxyl groups is 1. The number of phenols is 1. The van der Waals surface area contributed by atoms with Crippen molar-refractivity contribution in [3.05, 3.63) is 60.2 Å². The van der Waals surface area contributed by atoms with E-state index < -0.39 is 18.1 Å². The van der Waals surface area contributed by atoms with E-state index in [2.05, 4.69) is 5.32 Å². The number of ether oxygens (including phenoxy) is 2. The molecular formula is C19H22N2O5. The second-order valence-electron chi connectivity index (χ2n) is 5.51. The molecule has 5 N–H and O–H groups in total. The monoisotopic (exact) mass is 358 g/mol. The molecule has 138 valence electrons. The van der Waals surface area contributed by atoms with Gasteiger partial charge in [0.25, 0.3) is 0 Å². The molecule has 0 spiro atoms. The van der Waals surface area contributed by atoms with Crippen LogP contribution in [0.15, 0.2) is 54.6 Å². The number of benzene rings is 2. The van der Waals surface area contributed by atoms with Gasteiger partial charge < -0.3 is 30.7 Å². The standard InChI is InChI=1S/C19H22N2O5/c1-25-16-8-7-12(11-15(16)22)19(24)17(26-2)9-10-18(23)21-14-6-4-3-5-13(14)20/h3-11,17,19,22,24H,20H2,1-2H3,(H,21,23)/b10-9+/t17-,19-/m1/s1. The fraction of sp³-hybridized carbons (Fsp3) is 0.211. The lowest BCUT2D eigenvalue weighted by Crippen LogP contribution is -2.19. The highest BCUT2D eigenvalue weighted by Crippen LogP contribution is 2.30. The van der Waals surface area contributed by atoms with Crippen LogP contribution in [0.25, 0.3) is 0 Å². The fourth-order valence-electron chi connectivity index (χ4n) is 2.36. The summed E-state index contributed by atoms with van der Waals surface area (Å²) >= 11 is 0. The van der Waals surface area contributed by atoms with Gasteiger partial charge in [-0.3, -0.25) is 4.79 Å². The van der Waals surface area contributed by atoms with E-state index in [1.165, 1.54) is 38.5 Å². The SMILES string of the molecule is COc1ccc([C@@H](O)[C@@H](/C=C/C(=O)Nc2ccccc2N)OC)cc1O. The molecule has 0 saturated heterocycles. The summed E-state index contributed by atoms with van der Waals surface area (Å²) in [6.07, 6.45) is 0.817. The van der Waals surface area contributed by atoms with Crippen LogP contribution in [-0.4, -0.2) is 36.4 Å². The third kappa shape index (κ3) is 4.75. The minimum Gasteiger partial charge on any atom is -0.504 e. The van der Waals surface area contributed by atoms with E-state index in [9.17, 15) is 15.0 Å². The van der Waals surface area contributed by atoms with Gasteiger partial charge in [-0.25, -0.2) is 0 Å². The number of phenolic OH excluding ortho intramolecular Hbond substituents is 1. The van der Waals surface area contributed by atoms with Gasteiger partial charge in [0.2, 0.25) is 5.91 Å². The summed E-state index contributed by atoms with van der Waals surface area (Å²) in [6.45, 7) is 0. The highest BCUT2D eigenvalue weighted by Gasteiger charge is 2.20. The predicted molar refractivity (Wildman–Crippen MR) is 99.0 cm³/mol. The number of hydrogen-bond donors (Lipinski definition) is 4. The number of aliphatic hydroxyl groups excluding tert-OH is 1. The molecule has 0 aliphatic heterocycles. The molecule has 0 heterocycles. The number of carbonyl (C=O) groups excluding carboxylic acids is 1. The predicted octanol–water partition coefficient (Wildman–Crippen LogP) is 2.23. The molecule has 0 aliphatic rings. The summed E-state index contributed by atoms with van der Waals surface area (Å²) in [5.41, 5.74) is 7.15. The Kier molecular flexibility index (Phi) is 6.60. The highest BCUT2D eigenvalue weighted by atomic mass is 16.5. The molecule has 0 saturated carbocycles. The summed E-state index contributed by atoms with van der Waals surface area (Å²) < 4.78 is 10.2. The maximum absolute atomic E-state index is 12.0. The Hall–Kier alpha value is -3.03. The largest absolute Gasteiger partial charge is 0.504 e. The minimum absolute atomic E-state index is 0.0971. The van der Waals surface area contributed by atoms with Gasteiger partial charge >= 0.3 is 0 Å². The lowest BCUT2D eigenvalue weighted by atomic mass is 10.0. The molecule has 0 fully saturated rings. The van der Waals surface area contributed by atoms with Crippen LogP contribution >= 0.6 is 0 Å². The Labute approximate surface area is 151 Å². The van der Waals surface area contributed by atoms with E-state index in [0.717, 1.165) is 0 Å². The van der Waals surface area contributed by atoms with E-state index in [-0.39, 0.29) is 5.75 Å². The molecule has 2 rings (SSSR count). The molecule has 2 aromatic rings. The number of nitrogens with two attached hydrogens (primary N) is 1. The number of carbonyl (C=O) groups is 1. The Morgan fingerprint density at radius 2 is 1.96 bits per heavy atom. The van der Waals surface area contributed by atoms with Crippen molar-refractivity contribution < 1.29 is 24.5 Å². The Balaban J connectivity index is 2.07. The molecule has 0 radical (unpaired) electrons. The van der Waals surface area contributed by atoms with Crippen molar-refractivity contribution in [1.29, 1.82) is 0 Å². The van der Waals surface area contributed by atoms with Crippen LogP contribution in [0.2, 0.25) is 0 Å². The number of aromatic hydroxyl groups is 1. The molecule has 26 heavy (non-hydrogen) atoms. The van der Waals surface area contributed by atoms with Gasteiger partial charge in [0.15, 0.2) is 11.5 Å². The summed E-state index contributed by atoms with van der Waals surface area (Å²) in [6, 6.07) is 11.4. The molecule has 2 aromatic carbocycles. The van der Waals surface area contributed by atoms with Gasteiger partial charge in [0, 0.05) is 13.2 Å². The van der Waals surface area contributed by atoms with Gasteiger partial charge in [-0.1, -0.05) is 18.2 Å². The maximum atomic E-state index is 12.0. The van der Waals surface area contributed by atoms with Crippen LogP contribution in [0, 0.1) is 0 Å². The van der Waals surface area contributed by atoms with Crippen LogP contribution < -0.4 is 15.8 Å². The van der Waals surface area contributed by atoms with Crippen LogP contribution in [0.3, 0.4) is 0 Å². The first-order valence-electron chi connectivity index (χ1n) is 7.87. The third-order valence-electron chi connectivity index (χ3n) is 3.78. The fourth-order valence-corrected chi connectivity index (χ4v) is 2.36. The molecule has 7 nitrogen and oxygen atoms in total. The minimum atomic E-state index is -1.08. The summed E-state index contributed by atoms with van der Waals surface area (Å²) in [5.74, 6) is -0.208. The molecule has 2 atom stereocenters. The van der Waals surface area contributed by atoms with Crippen molar-refractivity contribution in [1.82, 2.24) is 0 Å². The number of hydrogen-bond acceptors (Lipinski definition) is 6. The zero-order valence-corrected chi connectivity index (χ0v) is 14.5. The lowest BCUT2D eigenvalue weighted by Gasteiger charge is -2.19. The third-order valence-corrected chi connectivity index (χ3v) is 3.78. The number of nitrogen functional groups attached to an aromatic ring is 1. The first-order chi connectivity index (χ1) is 12.5. The van der Waals surface area contributed by atoms with Crippen molar-refractivity contribution in [2.24, 2.45) is 0 Å². The molecule has 0 aromatic heterocycles. The van der Waals surface area contributed by atoms with Gasteiger partial charge in [0.1, 0.15) is 12.2 Å². The Morgan fingerprint density at radius 3 is 2.58 bits per heavy atom. The number of nitrogens with one attached hydrogen (secondary N) is 1. The van der Waals surface area contributed by atoms with Crippen molar-refractivity contribution >= 4 is 17.3 Å². The summed E-state index contributed by atoms with van der Waals surface area (Å²) in [7, 11) is 2.85. The maximum Gasteiger partial charge on any atom is 0.248 e. The number of methoxy groups -OCH3 is 2. The molecule has 0 aliphatic carbocycles. The van der Waals surface area contributed by atoms with Crippen molar-refractivity contribution in [3.63, 3.8) is 0 Å². The molecule has 0 unspecified atom stereocenters. The van der Waals surface area contributed by atoms with Crippen LogP contribution in [-0.2, 0) is 9.53 Å². The zero-order chi connectivity index (χ0) is 19.1. The van der Waals surface area contributed by atoms with Crippen molar-refractivity contribution in [3.8, 4) is 11.5 Å². The van der Waals surface area contributed by atoms with Gasteiger partial charge in [-0.2, -0.15) is 0 Å². The smallest absolute Gasteiger partial charge is 0.248 e. The highest BCUT2D eigenvalue weighted by molar-refractivity contribution is 6.01. The normalized spacial score (nSPS) is 13.3. The second-order valence-corrected chi connectivity index (χ2v) is 5.51. The van der Waals surface area contributed by atoms with E-state index in [1.807, 2.05) is 0 Å². The quantitative estimate of drug-likeness (QED) is 0.446. The van der Waals surface area contributed by atoms with Gasteiger partial charge in [0.05, 0.1) is 18.5 Å². The molecule has 0 bridgehead atoms. The number of para-hydroxylation sites is 2. The number of rotatable bonds is 7. The molecule has 7 heteroatoms. The van der Waals surface area contributed by atoms with E-state index in [1.54, 1.807) is 30.3 Å².